The Bertz CT molecular complexity index is 557. The van der Waals surface area contributed by atoms with E-state index in [0.717, 1.165) is 11.1 Å². The van der Waals surface area contributed by atoms with E-state index in [1.54, 1.807) is 11.3 Å². The minimum Gasteiger partial charge on any atom is -0.508 e. The fraction of sp³-hybridized carbons (Fsp3) is 0.154. The van der Waals surface area contributed by atoms with Gasteiger partial charge in [0.25, 0.3) is 5.91 Å². The molecule has 3 N–H and O–H groups in total. The van der Waals surface area contributed by atoms with Crippen LogP contribution in [0, 0.1) is 6.92 Å². The molecule has 1 heterocycles. The third-order valence-corrected chi connectivity index (χ3v) is 3.48. The van der Waals surface area contributed by atoms with Crippen LogP contribution < -0.4 is 5.32 Å². The Morgan fingerprint density at radius 1 is 1.22 bits per heavy atom. The molecule has 0 spiro atoms. The summed E-state index contributed by atoms with van der Waals surface area (Å²) in [5.41, 5.74) is 2.44. The number of hydrogen-bond acceptors (Lipinski definition) is 4. The van der Waals surface area contributed by atoms with E-state index >= 15 is 0 Å². The van der Waals surface area contributed by atoms with Crippen LogP contribution in [0.4, 0.5) is 0 Å². The third-order valence-electron chi connectivity index (χ3n) is 2.57. The van der Waals surface area contributed by atoms with Gasteiger partial charge in [0.05, 0.1) is 0 Å². The largest absolute Gasteiger partial charge is 0.508 e. The van der Waals surface area contributed by atoms with Crippen LogP contribution in [0.25, 0.3) is 0 Å². The van der Waals surface area contributed by atoms with Crippen LogP contribution in [-0.4, -0.2) is 16.1 Å². The Hall–Kier alpha value is -2.01. The molecule has 0 aliphatic carbocycles. The Balaban J connectivity index is 2.06. The molecule has 0 saturated heterocycles. The number of benzene rings is 1. The molecule has 5 heteroatoms. The fourth-order valence-electron chi connectivity index (χ4n) is 1.57. The summed E-state index contributed by atoms with van der Waals surface area (Å²) < 4.78 is 0. The maximum absolute atomic E-state index is 11.8. The lowest BCUT2D eigenvalue weighted by Gasteiger charge is -2.06. The minimum absolute atomic E-state index is 0.133. The maximum Gasteiger partial charge on any atom is 0.251 e. The van der Waals surface area contributed by atoms with Crippen LogP contribution >= 0.6 is 11.3 Å². The summed E-state index contributed by atoms with van der Waals surface area (Å²) >= 11 is 1.59. The van der Waals surface area contributed by atoms with Gasteiger partial charge in [0.2, 0.25) is 0 Å². The molecule has 2 aromatic rings. The zero-order valence-electron chi connectivity index (χ0n) is 9.80. The van der Waals surface area contributed by atoms with E-state index in [4.69, 9.17) is 0 Å². The Labute approximate surface area is 109 Å². The molecule has 18 heavy (non-hydrogen) atoms. The third kappa shape index (κ3) is 2.81. The van der Waals surface area contributed by atoms with Crippen molar-refractivity contribution < 1.29 is 15.0 Å². The van der Waals surface area contributed by atoms with E-state index < -0.39 is 0 Å². The molecule has 1 aromatic carbocycles. The van der Waals surface area contributed by atoms with Gasteiger partial charge in [-0.3, -0.25) is 4.79 Å². The molecule has 0 bridgehead atoms. The van der Waals surface area contributed by atoms with Crippen molar-refractivity contribution >= 4 is 17.2 Å². The van der Waals surface area contributed by atoms with E-state index in [2.05, 4.69) is 5.32 Å². The van der Waals surface area contributed by atoms with Crippen molar-refractivity contribution in [1.82, 2.24) is 5.32 Å². The van der Waals surface area contributed by atoms with Gasteiger partial charge >= 0.3 is 0 Å². The van der Waals surface area contributed by atoms with Crippen molar-refractivity contribution in [2.75, 3.05) is 0 Å². The van der Waals surface area contributed by atoms with E-state index in [1.807, 2.05) is 17.7 Å². The second-order valence-corrected chi connectivity index (χ2v) is 4.74. The van der Waals surface area contributed by atoms with Gasteiger partial charge in [-0.2, -0.15) is 11.3 Å². The highest BCUT2D eigenvalue weighted by Crippen LogP contribution is 2.20. The molecule has 0 saturated carbocycles. The van der Waals surface area contributed by atoms with Gasteiger partial charge in [-0.1, -0.05) is 0 Å². The summed E-state index contributed by atoms with van der Waals surface area (Å²) in [6, 6.07) is 3.81. The molecule has 1 aromatic heterocycles. The zero-order chi connectivity index (χ0) is 13.1. The molecule has 0 fully saturated rings. The van der Waals surface area contributed by atoms with Crippen LogP contribution in [-0.2, 0) is 6.54 Å². The lowest BCUT2D eigenvalue weighted by molar-refractivity contribution is 0.0950. The summed E-state index contributed by atoms with van der Waals surface area (Å²) in [5.74, 6) is -0.592. The van der Waals surface area contributed by atoms with Gasteiger partial charge in [0.1, 0.15) is 11.5 Å². The number of carbonyl (C=O) groups is 1. The van der Waals surface area contributed by atoms with E-state index in [9.17, 15) is 15.0 Å². The van der Waals surface area contributed by atoms with Crippen LogP contribution in [0.1, 0.15) is 21.5 Å². The summed E-state index contributed by atoms with van der Waals surface area (Å²) in [6.45, 7) is 2.42. The van der Waals surface area contributed by atoms with Crippen LogP contribution in [0.3, 0.4) is 0 Å². The molecular weight excluding hydrogens is 250 g/mol. The van der Waals surface area contributed by atoms with Crippen molar-refractivity contribution in [2.24, 2.45) is 0 Å². The van der Waals surface area contributed by atoms with Gasteiger partial charge < -0.3 is 15.5 Å². The number of phenolic OH excluding ortho intramolecular Hbond substituents is 2. The lowest BCUT2D eigenvalue weighted by Crippen LogP contribution is -2.22. The van der Waals surface area contributed by atoms with E-state index in [1.165, 1.54) is 18.2 Å². The molecule has 94 valence electrons. The number of amides is 1. The summed E-state index contributed by atoms with van der Waals surface area (Å²) in [6.07, 6.45) is 0. The lowest BCUT2D eigenvalue weighted by atomic mass is 10.1. The number of thiophene rings is 1. The normalized spacial score (nSPS) is 10.3. The summed E-state index contributed by atoms with van der Waals surface area (Å²) in [4.78, 5) is 11.8. The Kier molecular flexibility index (Phi) is 3.53. The number of rotatable bonds is 3. The highest BCUT2D eigenvalue weighted by atomic mass is 32.1. The molecule has 1 amide bonds. The summed E-state index contributed by atoms with van der Waals surface area (Å²) in [5, 5.41) is 25.3. The Morgan fingerprint density at radius 3 is 2.44 bits per heavy atom. The molecular formula is C13H13NO3S. The predicted octanol–water partition coefficient (Wildman–Crippen LogP) is 2.40. The number of nitrogens with one attached hydrogen (secondary N) is 1. The minimum atomic E-state index is -0.327. The van der Waals surface area contributed by atoms with Gasteiger partial charge in [-0.05, 0) is 40.9 Å². The van der Waals surface area contributed by atoms with Crippen LogP contribution in [0.15, 0.2) is 29.0 Å². The number of hydrogen-bond donors (Lipinski definition) is 3. The summed E-state index contributed by atoms with van der Waals surface area (Å²) in [7, 11) is 0. The van der Waals surface area contributed by atoms with Gasteiger partial charge in [-0.15, -0.1) is 0 Å². The second-order valence-electron chi connectivity index (χ2n) is 4.00. The Morgan fingerprint density at radius 2 is 1.89 bits per heavy atom. The molecule has 0 aliphatic rings. The molecule has 0 aliphatic heterocycles. The predicted molar refractivity (Wildman–Crippen MR) is 70.0 cm³/mol. The van der Waals surface area contributed by atoms with E-state index in [0.29, 0.717) is 6.54 Å². The number of aromatic hydroxyl groups is 2. The van der Waals surface area contributed by atoms with Gasteiger partial charge in [0.15, 0.2) is 0 Å². The number of carbonyl (C=O) groups excluding carboxylic acids is 1. The first-order chi connectivity index (χ1) is 8.56. The fourth-order valence-corrected chi connectivity index (χ4v) is 2.43. The monoisotopic (exact) mass is 263 g/mol. The molecule has 4 nitrogen and oxygen atoms in total. The van der Waals surface area contributed by atoms with Crippen molar-refractivity contribution in [2.45, 2.75) is 13.5 Å². The molecule has 2 rings (SSSR count). The van der Waals surface area contributed by atoms with Crippen molar-refractivity contribution in [1.29, 1.82) is 0 Å². The standard InChI is InChI=1S/C13H13NO3S/c1-8-6-18-7-10(8)5-14-13(17)9-2-11(15)4-12(16)3-9/h2-4,6-7,15-16H,5H2,1H3,(H,14,17). The first-order valence-electron chi connectivity index (χ1n) is 5.39. The molecule has 0 radical (unpaired) electrons. The smallest absolute Gasteiger partial charge is 0.251 e. The number of phenols is 2. The second kappa shape index (κ2) is 5.10. The zero-order valence-corrected chi connectivity index (χ0v) is 10.6. The van der Waals surface area contributed by atoms with Gasteiger partial charge in [0, 0.05) is 18.2 Å². The quantitative estimate of drug-likeness (QED) is 0.796. The average molecular weight is 263 g/mol. The van der Waals surface area contributed by atoms with Crippen molar-refractivity contribution in [3.8, 4) is 11.5 Å². The topological polar surface area (TPSA) is 69.6 Å². The average Bonchev–Trinajstić information content (AvgIpc) is 2.70. The van der Waals surface area contributed by atoms with Crippen molar-refractivity contribution in [3.05, 3.63) is 45.6 Å². The highest BCUT2D eigenvalue weighted by molar-refractivity contribution is 7.08. The molecule has 0 unspecified atom stereocenters. The van der Waals surface area contributed by atoms with Crippen LogP contribution in [0.5, 0.6) is 11.5 Å². The van der Waals surface area contributed by atoms with E-state index in [-0.39, 0.29) is 23.0 Å². The molecule has 0 atom stereocenters. The SMILES string of the molecule is Cc1cscc1CNC(=O)c1cc(O)cc(O)c1. The first kappa shape index (κ1) is 12.4. The van der Waals surface area contributed by atoms with Gasteiger partial charge in [-0.25, -0.2) is 0 Å². The van der Waals surface area contributed by atoms with Crippen molar-refractivity contribution in [3.63, 3.8) is 0 Å². The number of aryl methyl sites for hydroxylation is 1. The van der Waals surface area contributed by atoms with Crippen LogP contribution in [0.2, 0.25) is 0 Å². The first-order valence-corrected chi connectivity index (χ1v) is 6.33. The highest BCUT2D eigenvalue weighted by Gasteiger charge is 2.09. The maximum atomic E-state index is 11.8.